The van der Waals surface area contributed by atoms with Crippen molar-refractivity contribution in [3.8, 4) is 0 Å². The second-order valence-electron chi connectivity index (χ2n) is 7.58. The van der Waals surface area contributed by atoms with Gasteiger partial charge in [-0.1, -0.05) is 27.7 Å². The number of hydrogen-bond acceptors (Lipinski definition) is 5. The monoisotopic (exact) mass is 390 g/mol. The lowest BCUT2D eigenvalue weighted by Gasteiger charge is -2.19. The number of aromatic nitrogens is 3. The molecule has 152 valence electrons. The maximum atomic E-state index is 13.0. The van der Waals surface area contributed by atoms with Crippen LogP contribution in [0.2, 0.25) is 0 Å². The third-order valence-electron chi connectivity index (χ3n) is 4.35. The average molecular weight is 390 g/mol. The number of rotatable bonds is 7. The molecule has 0 atom stereocenters. The Balaban J connectivity index is 2.77. The Morgan fingerprint density at radius 3 is 2.43 bits per heavy atom. The summed E-state index contributed by atoms with van der Waals surface area (Å²) in [6, 6.07) is 1.55. The summed E-state index contributed by atoms with van der Waals surface area (Å²) >= 11 is 0. The zero-order valence-corrected chi connectivity index (χ0v) is 16.8. The van der Waals surface area contributed by atoms with Gasteiger partial charge in [0.1, 0.15) is 0 Å². The van der Waals surface area contributed by atoms with Crippen LogP contribution in [0.15, 0.2) is 15.7 Å². The minimum atomic E-state index is -1.02. The van der Waals surface area contributed by atoms with E-state index in [9.17, 15) is 19.2 Å². The fourth-order valence-electron chi connectivity index (χ4n) is 2.86. The molecule has 2 rings (SSSR count). The van der Waals surface area contributed by atoms with Gasteiger partial charge in [-0.2, -0.15) is 0 Å². The van der Waals surface area contributed by atoms with Crippen molar-refractivity contribution >= 4 is 22.9 Å². The van der Waals surface area contributed by atoms with Crippen molar-refractivity contribution in [3.63, 3.8) is 0 Å². The summed E-state index contributed by atoms with van der Waals surface area (Å²) in [6.07, 6.45) is -0.212. The van der Waals surface area contributed by atoms with E-state index in [2.05, 4.69) is 9.97 Å². The van der Waals surface area contributed by atoms with Crippen LogP contribution in [0.25, 0.3) is 11.0 Å². The van der Waals surface area contributed by atoms with E-state index in [1.165, 1.54) is 16.5 Å². The van der Waals surface area contributed by atoms with E-state index >= 15 is 0 Å². The summed E-state index contributed by atoms with van der Waals surface area (Å²) in [6.45, 7) is 7.99. The third kappa shape index (κ3) is 4.47. The fraction of sp³-hybridized carbons (Fsp3) is 0.526. The highest BCUT2D eigenvalue weighted by Crippen LogP contribution is 2.21. The van der Waals surface area contributed by atoms with Crippen molar-refractivity contribution in [3.05, 3.63) is 38.2 Å². The zero-order chi connectivity index (χ0) is 21.2. The maximum absolute atomic E-state index is 13.0. The van der Waals surface area contributed by atoms with Crippen LogP contribution in [0.1, 0.15) is 56.1 Å². The predicted molar refractivity (Wildman–Crippen MR) is 105 cm³/mol. The molecule has 28 heavy (non-hydrogen) atoms. The van der Waals surface area contributed by atoms with Crippen molar-refractivity contribution in [1.82, 2.24) is 19.4 Å². The van der Waals surface area contributed by atoms with Gasteiger partial charge < -0.3 is 10.0 Å². The molecule has 0 aliphatic carbocycles. The molecule has 2 heterocycles. The van der Waals surface area contributed by atoms with Gasteiger partial charge in [-0.05, 0) is 17.9 Å². The summed E-state index contributed by atoms with van der Waals surface area (Å²) in [5.74, 6) is -1.43. The number of nitrogens with zero attached hydrogens (tertiary/aromatic N) is 3. The van der Waals surface area contributed by atoms with E-state index in [4.69, 9.17) is 5.11 Å². The Morgan fingerprint density at radius 1 is 1.25 bits per heavy atom. The molecule has 0 fully saturated rings. The topological polar surface area (TPSA) is 125 Å². The predicted octanol–water partition coefficient (Wildman–Crippen LogP) is 1.41. The molecular weight excluding hydrogens is 364 g/mol. The van der Waals surface area contributed by atoms with E-state index in [1.54, 1.807) is 6.07 Å². The molecule has 9 nitrogen and oxygen atoms in total. The molecule has 0 spiro atoms. The number of carbonyl (C=O) groups is 2. The fourth-order valence-corrected chi connectivity index (χ4v) is 2.86. The molecule has 0 saturated heterocycles. The molecule has 0 aliphatic rings. The van der Waals surface area contributed by atoms with E-state index in [1.807, 2.05) is 27.7 Å². The van der Waals surface area contributed by atoms with Crippen LogP contribution in [-0.4, -0.2) is 50.0 Å². The van der Waals surface area contributed by atoms with Crippen LogP contribution in [0.3, 0.4) is 0 Å². The molecule has 1 amide bonds. The van der Waals surface area contributed by atoms with Crippen LogP contribution < -0.4 is 11.2 Å². The van der Waals surface area contributed by atoms with E-state index in [0.717, 1.165) is 0 Å². The Morgan fingerprint density at radius 2 is 1.89 bits per heavy atom. The highest BCUT2D eigenvalue weighted by atomic mass is 16.4. The Hall–Kier alpha value is -2.97. The Bertz CT molecular complexity index is 1020. The first-order chi connectivity index (χ1) is 13.0. The van der Waals surface area contributed by atoms with Crippen LogP contribution >= 0.6 is 0 Å². The van der Waals surface area contributed by atoms with E-state index < -0.39 is 23.1 Å². The molecule has 2 aromatic rings. The van der Waals surface area contributed by atoms with E-state index in [-0.39, 0.29) is 41.4 Å². The molecule has 9 heteroatoms. The number of amides is 1. The minimum Gasteiger partial charge on any atom is -0.481 e. The number of pyridine rings is 1. The summed E-state index contributed by atoms with van der Waals surface area (Å²) < 4.78 is 1.38. The molecular formula is C19H26N4O5. The SMILES string of the molecule is CC(C)Cn1c(=O)[nH]c(=O)c2c(C(=O)N(C)CCC(=O)O)cc(C(C)C)nc21. The molecule has 2 N–H and O–H groups in total. The lowest BCUT2D eigenvalue weighted by molar-refractivity contribution is -0.137. The summed E-state index contributed by atoms with van der Waals surface area (Å²) in [5.41, 5.74) is -0.399. The number of nitrogens with one attached hydrogen (secondary N) is 1. The van der Waals surface area contributed by atoms with Gasteiger partial charge in [-0.3, -0.25) is 23.9 Å². The van der Waals surface area contributed by atoms with Crippen LogP contribution in [-0.2, 0) is 11.3 Å². The number of H-pyrrole nitrogens is 1. The molecule has 0 saturated carbocycles. The first-order valence-corrected chi connectivity index (χ1v) is 9.18. The Labute approximate surface area is 162 Å². The first kappa shape index (κ1) is 21.3. The number of fused-ring (bicyclic) bond motifs is 1. The molecule has 0 radical (unpaired) electrons. The van der Waals surface area contributed by atoms with Crippen molar-refractivity contribution in [2.75, 3.05) is 13.6 Å². The van der Waals surface area contributed by atoms with E-state index in [0.29, 0.717) is 12.2 Å². The first-order valence-electron chi connectivity index (χ1n) is 9.18. The van der Waals surface area contributed by atoms with Gasteiger partial charge in [0.25, 0.3) is 11.5 Å². The third-order valence-corrected chi connectivity index (χ3v) is 4.35. The van der Waals surface area contributed by atoms with Gasteiger partial charge in [0, 0.05) is 25.8 Å². The zero-order valence-electron chi connectivity index (χ0n) is 16.8. The average Bonchev–Trinajstić information content (AvgIpc) is 2.60. The number of aromatic amines is 1. The summed E-state index contributed by atoms with van der Waals surface area (Å²) in [5, 5.41) is 8.90. The molecule has 0 unspecified atom stereocenters. The number of hydrogen-bond donors (Lipinski definition) is 2. The minimum absolute atomic E-state index is 0.00146. The molecule has 0 aliphatic heterocycles. The van der Waals surface area contributed by atoms with Crippen LogP contribution in [0.5, 0.6) is 0 Å². The van der Waals surface area contributed by atoms with Crippen molar-refractivity contribution in [2.45, 2.75) is 46.6 Å². The molecule has 0 bridgehead atoms. The highest BCUT2D eigenvalue weighted by Gasteiger charge is 2.23. The second-order valence-corrected chi connectivity index (χ2v) is 7.58. The van der Waals surface area contributed by atoms with Crippen molar-refractivity contribution < 1.29 is 14.7 Å². The highest BCUT2D eigenvalue weighted by molar-refractivity contribution is 6.05. The van der Waals surface area contributed by atoms with Crippen LogP contribution in [0.4, 0.5) is 0 Å². The maximum Gasteiger partial charge on any atom is 0.330 e. The molecule has 2 aromatic heterocycles. The molecule has 0 aromatic carbocycles. The normalized spacial score (nSPS) is 11.4. The lowest BCUT2D eigenvalue weighted by atomic mass is 10.0. The number of carbonyl (C=O) groups excluding carboxylic acids is 1. The van der Waals surface area contributed by atoms with Crippen molar-refractivity contribution in [2.24, 2.45) is 5.92 Å². The van der Waals surface area contributed by atoms with Gasteiger partial charge in [0.2, 0.25) is 0 Å². The Kier molecular flexibility index (Phi) is 6.37. The van der Waals surface area contributed by atoms with Gasteiger partial charge in [-0.25, -0.2) is 9.78 Å². The van der Waals surface area contributed by atoms with Gasteiger partial charge in [0.15, 0.2) is 5.65 Å². The standard InChI is InChI=1S/C19H26N4O5/c1-10(2)9-23-16-15(17(26)21-19(23)28)12(8-13(20-16)11(3)4)18(27)22(5)7-6-14(24)25/h8,10-11H,6-7,9H2,1-5H3,(H,24,25)(H,21,26,28). The number of aliphatic carboxylic acids is 1. The number of carboxylic acids is 1. The summed E-state index contributed by atoms with van der Waals surface area (Å²) in [4.78, 5) is 56.8. The van der Waals surface area contributed by atoms with Crippen molar-refractivity contribution in [1.29, 1.82) is 0 Å². The second kappa shape index (κ2) is 8.37. The largest absolute Gasteiger partial charge is 0.481 e. The van der Waals surface area contributed by atoms with Gasteiger partial charge in [-0.15, -0.1) is 0 Å². The van der Waals surface area contributed by atoms with Crippen LogP contribution in [0, 0.1) is 5.92 Å². The van der Waals surface area contributed by atoms with Gasteiger partial charge >= 0.3 is 11.7 Å². The lowest BCUT2D eigenvalue weighted by Crippen LogP contribution is -2.35. The smallest absolute Gasteiger partial charge is 0.330 e. The quantitative estimate of drug-likeness (QED) is 0.736. The van der Waals surface area contributed by atoms with Gasteiger partial charge in [0.05, 0.1) is 17.4 Å². The number of carboxylic acid groups (broad SMARTS) is 1. The summed E-state index contributed by atoms with van der Waals surface area (Å²) in [7, 11) is 1.48.